The fourth-order valence-corrected chi connectivity index (χ4v) is 3.74. The molecular weight excluding hydrogens is 332 g/mol. The second-order valence-corrected chi connectivity index (χ2v) is 7.15. The van der Waals surface area contributed by atoms with Gasteiger partial charge in [0.05, 0.1) is 25.4 Å². The fourth-order valence-electron chi connectivity index (χ4n) is 3.74. The molecule has 3 rings (SSSR count). The van der Waals surface area contributed by atoms with Crippen LogP contribution in [0.3, 0.4) is 0 Å². The summed E-state index contributed by atoms with van der Waals surface area (Å²) in [6.45, 7) is 7.47. The Morgan fingerprint density at radius 3 is 2.88 bits per heavy atom. The van der Waals surface area contributed by atoms with Crippen LogP contribution in [-0.2, 0) is 14.3 Å². The normalized spacial score (nSPS) is 26.5. The Kier molecular flexibility index (Phi) is 6.80. The quantitative estimate of drug-likeness (QED) is 0.834. The van der Waals surface area contributed by atoms with Gasteiger partial charge < -0.3 is 19.7 Å². The van der Waals surface area contributed by atoms with Gasteiger partial charge in [-0.05, 0) is 32.6 Å². The number of anilines is 1. The van der Waals surface area contributed by atoms with Crippen LogP contribution in [0.25, 0.3) is 0 Å². The molecule has 1 aromatic rings. The average molecular weight is 362 g/mol. The first-order valence-corrected chi connectivity index (χ1v) is 9.70. The van der Waals surface area contributed by atoms with Gasteiger partial charge in [-0.1, -0.05) is 6.92 Å². The number of hydrogen-bond donors (Lipinski definition) is 1. The molecule has 144 valence electrons. The van der Waals surface area contributed by atoms with E-state index in [1.165, 1.54) is 0 Å². The minimum Gasteiger partial charge on any atom is -0.378 e. The van der Waals surface area contributed by atoms with Crippen LogP contribution in [-0.4, -0.2) is 65.8 Å². The van der Waals surface area contributed by atoms with Crippen molar-refractivity contribution in [3.8, 4) is 0 Å². The molecule has 1 aromatic heterocycles. The van der Waals surface area contributed by atoms with Gasteiger partial charge in [-0.2, -0.15) is 0 Å². The lowest BCUT2D eigenvalue weighted by molar-refractivity contribution is -0.142. The molecule has 0 unspecified atom stereocenters. The summed E-state index contributed by atoms with van der Waals surface area (Å²) in [6, 6.07) is 2.12. The first-order valence-electron chi connectivity index (χ1n) is 9.70. The Hall–Kier alpha value is -1.73. The van der Waals surface area contributed by atoms with Gasteiger partial charge in [0.25, 0.3) is 0 Å². The summed E-state index contributed by atoms with van der Waals surface area (Å²) in [4.78, 5) is 23.3. The van der Waals surface area contributed by atoms with Gasteiger partial charge in [-0.25, -0.2) is 9.97 Å². The van der Waals surface area contributed by atoms with Gasteiger partial charge in [0.1, 0.15) is 12.1 Å². The number of carbonyl (C=O) groups excluding carboxylic acids is 1. The topological polar surface area (TPSA) is 76.6 Å². The van der Waals surface area contributed by atoms with Gasteiger partial charge in [-0.3, -0.25) is 4.79 Å². The highest BCUT2D eigenvalue weighted by Crippen LogP contribution is 2.30. The highest BCUT2D eigenvalue weighted by Gasteiger charge is 2.36. The van der Waals surface area contributed by atoms with Gasteiger partial charge >= 0.3 is 0 Å². The summed E-state index contributed by atoms with van der Waals surface area (Å²) in [5.74, 6) is 1.13. The van der Waals surface area contributed by atoms with Crippen LogP contribution >= 0.6 is 0 Å². The molecule has 0 spiro atoms. The van der Waals surface area contributed by atoms with Crippen LogP contribution in [0.5, 0.6) is 0 Å². The van der Waals surface area contributed by atoms with Crippen molar-refractivity contribution < 1.29 is 14.3 Å². The van der Waals surface area contributed by atoms with Crippen LogP contribution in [0.15, 0.2) is 12.4 Å². The number of morpholine rings is 1. The molecule has 2 heterocycles. The van der Waals surface area contributed by atoms with Crippen LogP contribution < -0.4 is 5.32 Å². The lowest BCUT2D eigenvalue weighted by atomic mass is 9.82. The molecule has 1 amide bonds. The minimum atomic E-state index is 0.0222. The smallest absolute Gasteiger partial charge is 0.225 e. The van der Waals surface area contributed by atoms with Crippen molar-refractivity contribution in [1.82, 2.24) is 14.9 Å². The Bertz CT molecular complexity index is 592. The van der Waals surface area contributed by atoms with Crippen LogP contribution in [0.4, 0.5) is 5.82 Å². The number of aromatic nitrogens is 2. The zero-order chi connectivity index (χ0) is 18.4. The molecule has 2 aliphatic rings. The highest BCUT2D eigenvalue weighted by molar-refractivity contribution is 5.79. The maximum absolute atomic E-state index is 12.9. The van der Waals surface area contributed by atoms with Crippen LogP contribution in [0.1, 0.15) is 38.3 Å². The Labute approximate surface area is 155 Å². The van der Waals surface area contributed by atoms with Crippen molar-refractivity contribution in [3.05, 3.63) is 18.1 Å². The van der Waals surface area contributed by atoms with E-state index in [-0.39, 0.29) is 24.0 Å². The van der Waals surface area contributed by atoms with E-state index in [4.69, 9.17) is 9.47 Å². The van der Waals surface area contributed by atoms with E-state index in [0.29, 0.717) is 32.9 Å². The number of rotatable bonds is 6. The van der Waals surface area contributed by atoms with E-state index in [1.54, 1.807) is 6.33 Å². The maximum atomic E-state index is 12.9. The third-order valence-corrected chi connectivity index (χ3v) is 5.14. The second kappa shape index (κ2) is 9.28. The Morgan fingerprint density at radius 2 is 2.15 bits per heavy atom. The summed E-state index contributed by atoms with van der Waals surface area (Å²) >= 11 is 0. The largest absolute Gasteiger partial charge is 0.378 e. The molecule has 0 aromatic carbocycles. The number of hydrogen-bond acceptors (Lipinski definition) is 6. The van der Waals surface area contributed by atoms with E-state index >= 15 is 0 Å². The minimum absolute atomic E-state index is 0.0222. The molecule has 1 aliphatic carbocycles. The molecule has 7 nitrogen and oxygen atoms in total. The predicted octanol–water partition coefficient (Wildman–Crippen LogP) is 2.02. The summed E-state index contributed by atoms with van der Waals surface area (Å²) < 4.78 is 11.5. The summed E-state index contributed by atoms with van der Waals surface area (Å²) in [6.07, 6.45) is 5.11. The molecule has 0 bridgehead atoms. The standard InChI is InChI=1S/C19H30N4O3/c1-3-8-26-17-12-15(19(24)23-6-9-25-10-7-23)4-5-16(17)22-18-11-14(2)20-13-21-18/h11,13,15-17H,3-10,12H2,1-2H3,(H,20,21,22)/t15-,16+,17+/m0/s1. The van der Waals surface area contributed by atoms with Gasteiger partial charge in [0.15, 0.2) is 0 Å². The fraction of sp³-hybridized carbons (Fsp3) is 0.737. The molecule has 3 atom stereocenters. The first-order chi connectivity index (χ1) is 12.7. The number of ether oxygens (including phenoxy) is 2. The van der Waals surface area contributed by atoms with E-state index in [0.717, 1.165) is 37.2 Å². The Balaban J connectivity index is 1.63. The van der Waals surface area contributed by atoms with Crippen molar-refractivity contribution in [1.29, 1.82) is 0 Å². The van der Waals surface area contributed by atoms with E-state index in [2.05, 4.69) is 22.2 Å². The van der Waals surface area contributed by atoms with Gasteiger partial charge in [0, 0.05) is 37.4 Å². The summed E-state index contributed by atoms with van der Waals surface area (Å²) in [5.41, 5.74) is 0.935. The first kappa shape index (κ1) is 19.0. The molecule has 1 aliphatic heterocycles. The zero-order valence-electron chi connectivity index (χ0n) is 15.8. The molecule has 26 heavy (non-hydrogen) atoms. The molecule has 7 heteroatoms. The number of nitrogens with zero attached hydrogens (tertiary/aromatic N) is 3. The van der Waals surface area contributed by atoms with Gasteiger partial charge in [-0.15, -0.1) is 0 Å². The van der Waals surface area contributed by atoms with Crippen molar-refractivity contribution in [2.75, 3.05) is 38.2 Å². The third-order valence-electron chi connectivity index (χ3n) is 5.14. The third kappa shape index (κ3) is 4.92. The predicted molar refractivity (Wildman–Crippen MR) is 99.0 cm³/mol. The molecular formula is C19H30N4O3. The van der Waals surface area contributed by atoms with Crippen molar-refractivity contribution >= 4 is 11.7 Å². The maximum Gasteiger partial charge on any atom is 0.225 e. The highest BCUT2D eigenvalue weighted by atomic mass is 16.5. The molecule has 1 N–H and O–H groups in total. The number of amides is 1. The van der Waals surface area contributed by atoms with E-state index in [9.17, 15) is 4.79 Å². The van der Waals surface area contributed by atoms with Crippen molar-refractivity contribution in [3.63, 3.8) is 0 Å². The summed E-state index contributed by atoms with van der Waals surface area (Å²) in [5, 5.41) is 3.50. The molecule has 1 saturated carbocycles. The van der Waals surface area contributed by atoms with Gasteiger partial charge in [0.2, 0.25) is 5.91 Å². The number of aryl methyl sites for hydroxylation is 1. The van der Waals surface area contributed by atoms with Crippen molar-refractivity contribution in [2.45, 2.75) is 51.7 Å². The zero-order valence-corrected chi connectivity index (χ0v) is 15.8. The lowest BCUT2D eigenvalue weighted by Gasteiger charge is -2.38. The average Bonchev–Trinajstić information content (AvgIpc) is 2.67. The Morgan fingerprint density at radius 1 is 1.35 bits per heavy atom. The lowest BCUT2D eigenvalue weighted by Crippen LogP contribution is -2.48. The van der Waals surface area contributed by atoms with Crippen LogP contribution in [0, 0.1) is 12.8 Å². The number of carbonyl (C=O) groups is 1. The van der Waals surface area contributed by atoms with E-state index in [1.807, 2.05) is 17.9 Å². The second-order valence-electron chi connectivity index (χ2n) is 7.15. The number of nitrogens with one attached hydrogen (secondary N) is 1. The van der Waals surface area contributed by atoms with Crippen LogP contribution in [0.2, 0.25) is 0 Å². The van der Waals surface area contributed by atoms with Crippen molar-refractivity contribution in [2.24, 2.45) is 5.92 Å². The molecule has 1 saturated heterocycles. The molecule has 0 radical (unpaired) electrons. The SMILES string of the molecule is CCCO[C@@H]1C[C@@H](C(=O)N2CCOCC2)CC[C@H]1Nc1cc(C)ncn1. The monoisotopic (exact) mass is 362 g/mol. The molecule has 2 fully saturated rings. The van der Waals surface area contributed by atoms with E-state index < -0.39 is 0 Å². The summed E-state index contributed by atoms with van der Waals surface area (Å²) in [7, 11) is 0.